The quantitative estimate of drug-likeness (QED) is 0.764. The number of H-pyrrole nitrogens is 1. The minimum Gasteiger partial charge on any atom is -0.347 e. The first kappa shape index (κ1) is 8.04. The highest BCUT2D eigenvalue weighted by molar-refractivity contribution is 5.00. The Kier molecular flexibility index (Phi) is 2.12. The standard InChI is InChI=1S/C9H12N4/c1-2-9-11-3-4-13(9)6-8-5-10-7-12-8/h3-5,7H,2,6H2,1H3,(H,10,12). The van der Waals surface area contributed by atoms with Gasteiger partial charge in [-0.1, -0.05) is 6.92 Å². The maximum absolute atomic E-state index is 4.24. The SMILES string of the molecule is CCc1nccn1Cc1cnc[nH]1. The number of nitrogens with one attached hydrogen (secondary N) is 1. The van der Waals surface area contributed by atoms with Crippen LogP contribution in [0.1, 0.15) is 18.4 Å². The summed E-state index contributed by atoms with van der Waals surface area (Å²) in [6, 6.07) is 0. The number of aromatic nitrogens is 4. The van der Waals surface area contributed by atoms with Crippen molar-refractivity contribution in [2.75, 3.05) is 0 Å². The smallest absolute Gasteiger partial charge is 0.108 e. The molecule has 0 unspecified atom stereocenters. The molecule has 0 radical (unpaired) electrons. The van der Waals surface area contributed by atoms with E-state index in [1.165, 1.54) is 0 Å². The van der Waals surface area contributed by atoms with Gasteiger partial charge in [-0.3, -0.25) is 0 Å². The van der Waals surface area contributed by atoms with Gasteiger partial charge in [0.2, 0.25) is 0 Å². The Hall–Kier alpha value is -1.58. The summed E-state index contributed by atoms with van der Waals surface area (Å²) in [5.74, 6) is 1.11. The predicted octanol–water partition coefficient (Wildman–Crippen LogP) is 1.22. The zero-order valence-corrected chi connectivity index (χ0v) is 7.57. The molecule has 2 aromatic heterocycles. The third-order valence-electron chi connectivity index (χ3n) is 2.01. The lowest BCUT2D eigenvalue weighted by Crippen LogP contribution is -2.03. The Balaban J connectivity index is 2.18. The van der Waals surface area contributed by atoms with E-state index >= 15 is 0 Å². The molecule has 2 rings (SSSR count). The lowest BCUT2D eigenvalue weighted by atomic mass is 10.4. The summed E-state index contributed by atoms with van der Waals surface area (Å²) in [6.45, 7) is 2.93. The monoisotopic (exact) mass is 176 g/mol. The zero-order chi connectivity index (χ0) is 9.10. The summed E-state index contributed by atoms with van der Waals surface area (Å²) < 4.78 is 2.12. The fraction of sp³-hybridized carbons (Fsp3) is 0.333. The van der Waals surface area contributed by atoms with Crippen molar-refractivity contribution in [1.82, 2.24) is 19.5 Å². The minimum absolute atomic E-state index is 0.823. The van der Waals surface area contributed by atoms with Gasteiger partial charge in [0.05, 0.1) is 18.6 Å². The van der Waals surface area contributed by atoms with Crippen molar-refractivity contribution < 1.29 is 0 Å². The highest BCUT2D eigenvalue weighted by atomic mass is 15.1. The number of rotatable bonds is 3. The van der Waals surface area contributed by atoms with Crippen molar-refractivity contribution in [1.29, 1.82) is 0 Å². The van der Waals surface area contributed by atoms with Crippen LogP contribution in [0.5, 0.6) is 0 Å². The highest BCUT2D eigenvalue weighted by Gasteiger charge is 2.00. The summed E-state index contributed by atoms with van der Waals surface area (Å²) in [7, 11) is 0. The van der Waals surface area contributed by atoms with Crippen LogP contribution in [0, 0.1) is 0 Å². The normalized spacial score (nSPS) is 10.5. The molecular weight excluding hydrogens is 164 g/mol. The van der Waals surface area contributed by atoms with E-state index in [1.807, 2.05) is 18.6 Å². The molecule has 0 bridgehead atoms. The Morgan fingerprint density at radius 2 is 2.46 bits per heavy atom. The molecule has 68 valence electrons. The molecule has 0 spiro atoms. The first-order valence-electron chi connectivity index (χ1n) is 4.37. The van der Waals surface area contributed by atoms with Crippen molar-refractivity contribution >= 4 is 0 Å². The van der Waals surface area contributed by atoms with E-state index in [0.29, 0.717) is 0 Å². The van der Waals surface area contributed by atoms with Gasteiger partial charge >= 0.3 is 0 Å². The first-order valence-corrected chi connectivity index (χ1v) is 4.37. The number of hydrogen-bond donors (Lipinski definition) is 1. The van der Waals surface area contributed by atoms with Gasteiger partial charge in [0.25, 0.3) is 0 Å². The third-order valence-corrected chi connectivity index (χ3v) is 2.01. The largest absolute Gasteiger partial charge is 0.347 e. The molecule has 0 aliphatic heterocycles. The van der Waals surface area contributed by atoms with Crippen LogP contribution >= 0.6 is 0 Å². The molecule has 0 saturated heterocycles. The second kappa shape index (κ2) is 3.43. The van der Waals surface area contributed by atoms with E-state index < -0.39 is 0 Å². The van der Waals surface area contributed by atoms with Gasteiger partial charge in [-0.25, -0.2) is 9.97 Å². The van der Waals surface area contributed by atoms with E-state index in [4.69, 9.17) is 0 Å². The highest BCUT2D eigenvalue weighted by Crippen LogP contribution is 2.02. The minimum atomic E-state index is 0.823. The zero-order valence-electron chi connectivity index (χ0n) is 7.57. The summed E-state index contributed by atoms with van der Waals surface area (Å²) >= 11 is 0. The summed E-state index contributed by atoms with van der Waals surface area (Å²) in [5, 5.41) is 0. The predicted molar refractivity (Wildman–Crippen MR) is 49.3 cm³/mol. The molecule has 1 N–H and O–H groups in total. The Morgan fingerprint density at radius 3 is 3.15 bits per heavy atom. The molecule has 4 heteroatoms. The molecule has 0 atom stereocenters. The third kappa shape index (κ3) is 1.61. The molecule has 0 saturated carbocycles. The second-order valence-corrected chi connectivity index (χ2v) is 2.90. The second-order valence-electron chi connectivity index (χ2n) is 2.90. The van der Waals surface area contributed by atoms with Crippen LogP contribution in [0.3, 0.4) is 0 Å². The molecule has 0 aliphatic rings. The molecule has 0 amide bonds. The fourth-order valence-corrected chi connectivity index (χ4v) is 1.35. The van der Waals surface area contributed by atoms with Crippen molar-refractivity contribution in [2.24, 2.45) is 0 Å². The van der Waals surface area contributed by atoms with Crippen molar-refractivity contribution in [3.63, 3.8) is 0 Å². The molecule has 4 nitrogen and oxygen atoms in total. The first-order chi connectivity index (χ1) is 6.40. The Labute approximate surface area is 76.7 Å². The summed E-state index contributed by atoms with van der Waals surface area (Å²) in [6.07, 6.45) is 8.30. The maximum atomic E-state index is 4.24. The lowest BCUT2D eigenvalue weighted by Gasteiger charge is -2.03. The maximum Gasteiger partial charge on any atom is 0.108 e. The topological polar surface area (TPSA) is 46.5 Å². The average molecular weight is 176 g/mol. The van der Waals surface area contributed by atoms with Gasteiger partial charge in [-0.05, 0) is 0 Å². The van der Waals surface area contributed by atoms with Crippen LogP contribution in [0.2, 0.25) is 0 Å². The van der Waals surface area contributed by atoms with Gasteiger partial charge < -0.3 is 9.55 Å². The van der Waals surface area contributed by atoms with Crippen LogP contribution in [-0.4, -0.2) is 19.5 Å². The number of aryl methyl sites for hydroxylation is 1. The van der Waals surface area contributed by atoms with Gasteiger partial charge in [-0.15, -0.1) is 0 Å². The van der Waals surface area contributed by atoms with E-state index in [0.717, 1.165) is 24.5 Å². The van der Waals surface area contributed by atoms with Crippen molar-refractivity contribution in [2.45, 2.75) is 19.9 Å². The van der Waals surface area contributed by atoms with Crippen molar-refractivity contribution in [3.05, 3.63) is 36.4 Å². The number of imidazole rings is 2. The van der Waals surface area contributed by atoms with E-state index in [9.17, 15) is 0 Å². The Morgan fingerprint density at radius 1 is 1.54 bits per heavy atom. The van der Waals surface area contributed by atoms with Gasteiger partial charge in [0, 0.05) is 25.0 Å². The number of aromatic amines is 1. The molecular formula is C9H12N4. The summed E-state index contributed by atoms with van der Waals surface area (Å²) in [4.78, 5) is 11.3. The van der Waals surface area contributed by atoms with E-state index in [2.05, 4.69) is 26.4 Å². The van der Waals surface area contributed by atoms with Gasteiger partial charge in [0.15, 0.2) is 0 Å². The van der Waals surface area contributed by atoms with Crippen LogP contribution in [-0.2, 0) is 13.0 Å². The van der Waals surface area contributed by atoms with E-state index in [-0.39, 0.29) is 0 Å². The van der Waals surface area contributed by atoms with Crippen molar-refractivity contribution in [3.8, 4) is 0 Å². The van der Waals surface area contributed by atoms with E-state index in [1.54, 1.807) is 6.33 Å². The molecule has 0 aromatic carbocycles. The van der Waals surface area contributed by atoms with Crippen LogP contribution in [0.15, 0.2) is 24.9 Å². The molecule has 13 heavy (non-hydrogen) atoms. The number of hydrogen-bond acceptors (Lipinski definition) is 2. The molecule has 0 fully saturated rings. The lowest BCUT2D eigenvalue weighted by molar-refractivity contribution is 0.720. The Bertz CT molecular complexity index is 361. The van der Waals surface area contributed by atoms with Crippen LogP contribution < -0.4 is 0 Å². The molecule has 0 aliphatic carbocycles. The average Bonchev–Trinajstić information content (AvgIpc) is 2.76. The number of nitrogens with zero attached hydrogens (tertiary/aromatic N) is 3. The van der Waals surface area contributed by atoms with Gasteiger partial charge in [0.1, 0.15) is 5.82 Å². The fourth-order valence-electron chi connectivity index (χ4n) is 1.35. The summed E-state index contributed by atoms with van der Waals surface area (Å²) in [5.41, 5.74) is 1.10. The molecule has 2 aromatic rings. The molecule has 2 heterocycles. The van der Waals surface area contributed by atoms with Crippen LogP contribution in [0.25, 0.3) is 0 Å². The van der Waals surface area contributed by atoms with Crippen LogP contribution in [0.4, 0.5) is 0 Å². The van der Waals surface area contributed by atoms with Gasteiger partial charge in [-0.2, -0.15) is 0 Å².